The number of halogens is 3. The van der Waals surface area contributed by atoms with Gasteiger partial charge in [-0.3, -0.25) is 4.79 Å². The Morgan fingerprint density at radius 2 is 1.94 bits per heavy atom. The Labute approximate surface area is 117 Å². The van der Waals surface area contributed by atoms with E-state index in [0.29, 0.717) is 10.7 Å². The second-order valence-electron chi connectivity index (χ2n) is 3.56. The highest BCUT2D eigenvalue weighted by Gasteiger charge is 2.12. The van der Waals surface area contributed by atoms with Crippen molar-refractivity contribution in [1.82, 2.24) is 0 Å². The minimum Gasteiger partial charge on any atom is -0.321 e. The highest BCUT2D eigenvalue weighted by molar-refractivity contribution is 9.10. The van der Waals surface area contributed by atoms with Crippen LogP contribution in [0.15, 0.2) is 46.9 Å². The summed E-state index contributed by atoms with van der Waals surface area (Å²) < 4.78 is 14.2. The monoisotopic (exact) mass is 327 g/mol. The van der Waals surface area contributed by atoms with Crippen LogP contribution >= 0.6 is 27.5 Å². The fourth-order valence-electron chi connectivity index (χ4n) is 1.43. The maximum absolute atomic E-state index is 13.4. The van der Waals surface area contributed by atoms with Gasteiger partial charge >= 0.3 is 0 Å². The van der Waals surface area contributed by atoms with Crippen LogP contribution in [0.5, 0.6) is 0 Å². The van der Waals surface area contributed by atoms with Gasteiger partial charge in [-0.25, -0.2) is 4.39 Å². The molecule has 0 spiro atoms. The molecule has 0 atom stereocenters. The van der Waals surface area contributed by atoms with Gasteiger partial charge < -0.3 is 5.32 Å². The van der Waals surface area contributed by atoms with Crippen molar-refractivity contribution in [3.05, 3.63) is 63.3 Å². The molecule has 0 aliphatic heterocycles. The standard InChI is InChI=1S/C13H8BrClFNO/c14-8-5-6-12(10(15)7-8)17-13(18)9-3-1-2-4-11(9)16/h1-7H,(H,17,18). The minimum atomic E-state index is -0.566. The van der Waals surface area contributed by atoms with Crippen LogP contribution < -0.4 is 5.32 Å². The molecule has 0 radical (unpaired) electrons. The van der Waals surface area contributed by atoms with E-state index in [0.717, 1.165) is 4.47 Å². The number of nitrogens with one attached hydrogen (secondary N) is 1. The minimum absolute atomic E-state index is 0.0171. The van der Waals surface area contributed by atoms with E-state index < -0.39 is 11.7 Å². The zero-order chi connectivity index (χ0) is 13.1. The molecule has 0 aliphatic carbocycles. The predicted octanol–water partition coefficient (Wildman–Crippen LogP) is 4.49. The highest BCUT2D eigenvalue weighted by atomic mass is 79.9. The van der Waals surface area contributed by atoms with Crippen molar-refractivity contribution in [1.29, 1.82) is 0 Å². The number of hydrogen-bond donors (Lipinski definition) is 1. The van der Waals surface area contributed by atoms with Crippen molar-refractivity contribution in [3.63, 3.8) is 0 Å². The first-order chi connectivity index (χ1) is 8.58. The van der Waals surface area contributed by atoms with Crippen molar-refractivity contribution < 1.29 is 9.18 Å². The van der Waals surface area contributed by atoms with Gasteiger partial charge in [-0.2, -0.15) is 0 Å². The summed E-state index contributed by atoms with van der Waals surface area (Å²) in [4.78, 5) is 11.9. The summed E-state index contributed by atoms with van der Waals surface area (Å²) in [5.74, 6) is -1.10. The average molecular weight is 329 g/mol. The van der Waals surface area contributed by atoms with Crippen LogP contribution in [0.3, 0.4) is 0 Å². The molecule has 0 aliphatic rings. The lowest BCUT2D eigenvalue weighted by molar-refractivity contribution is 0.102. The molecule has 2 rings (SSSR count). The molecule has 0 unspecified atom stereocenters. The zero-order valence-electron chi connectivity index (χ0n) is 9.08. The Morgan fingerprint density at radius 3 is 2.61 bits per heavy atom. The van der Waals surface area contributed by atoms with Gasteiger partial charge in [0.1, 0.15) is 5.82 Å². The second-order valence-corrected chi connectivity index (χ2v) is 4.88. The third-order valence-electron chi connectivity index (χ3n) is 2.30. The van der Waals surface area contributed by atoms with Crippen molar-refractivity contribution in [2.24, 2.45) is 0 Å². The normalized spacial score (nSPS) is 10.2. The van der Waals surface area contributed by atoms with Gasteiger partial charge in [0.15, 0.2) is 0 Å². The predicted molar refractivity (Wildman–Crippen MR) is 73.5 cm³/mol. The molecule has 18 heavy (non-hydrogen) atoms. The van der Waals surface area contributed by atoms with Gasteiger partial charge in [-0.05, 0) is 30.3 Å². The molecule has 0 saturated carbocycles. The lowest BCUT2D eigenvalue weighted by atomic mass is 10.2. The molecule has 0 fully saturated rings. The van der Waals surface area contributed by atoms with E-state index in [9.17, 15) is 9.18 Å². The molecule has 2 aromatic carbocycles. The quantitative estimate of drug-likeness (QED) is 0.864. The zero-order valence-corrected chi connectivity index (χ0v) is 11.4. The maximum Gasteiger partial charge on any atom is 0.258 e. The van der Waals surface area contributed by atoms with E-state index in [1.54, 1.807) is 24.3 Å². The first-order valence-corrected chi connectivity index (χ1v) is 6.26. The van der Waals surface area contributed by atoms with E-state index in [1.807, 2.05) is 0 Å². The van der Waals surface area contributed by atoms with E-state index in [-0.39, 0.29) is 5.56 Å². The Morgan fingerprint density at radius 1 is 1.22 bits per heavy atom. The SMILES string of the molecule is O=C(Nc1ccc(Br)cc1Cl)c1ccccc1F. The largest absolute Gasteiger partial charge is 0.321 e. The summed E-state index contributed by atoms with van der Waals surface area (Å²) >= 11 is 9.22. The fraction of sp³-hybridized carbons (Fsp3) is 0. The van der Waals surface area contributed by atoms with Crippen molar-refractivity contribution in [2.45, 2.75) is 0 Å². The molecule has 1 amide bonds. The van der Waals surface area contributed by atoms with Gasteiger partial charge in [0, 0.05) is 4.47 Å². The number of amides is 1. The lowest BCUT2D eigenvalue weighted by Gasteiger charge is -2.08. The van der Waals surface area contributed by atoms with Crippen LogP contribution in [-0.4, -0.2) is 5.91 Å². The van der Waals surface area contributed by atoms with Crippen LogP contribution in [0.2, 0.25) is 5.02 Å². The molecule has 0 aromatic heterocycles. The van der Waals surface area contributed by atoms with Crippen LogP contribution in [-0.2, 0) is 0 Å². The van der Waals surface area contributed by atoms with E-state index in [1.165, 1.54) is 18.2 Å². The van der Waals surface area contributed by atoms with Crippen LogP contribution in [0, 0.1) is 5.82 Å². The third-order valence-corrected chi connectivity index (χ3v) is 3.10. The molecule has 2 aromatic rings. The second kappa shape index (κ2) is 5.50. The summed E-state index contributed by atoms with van der Waals surface area (Å²) in [6.45, 7) is 0. The average Bonchev–Trinajstić information content (AvgIpc) is 2.33. The molecule has 1 N–H and O–H groups in total. The fourth-order valence-corrected chi connectivity index (χ4v) is 2.15. The number of hydrogen-bond acceptors (Lipinski definition) is 1. The third kappa shape index (κ3) is 2.89. The van der Waals surface area contributed by atoms with Crippen LogP contribution in [0.25, 0.3) is 0 Å². The Kier molecular flexibility index (Phi) is 3.99. The van der Waals surface area contributed by atoms with E-state index in [4.69, 9.17) is 11.6 Å². The first kappa shape index (κ1) is 13.1. The molecule has 0 heterocycles. The van der Waals surface area contributed by atoms with Gasteiger partial charge in [-0.1, -0.05) is 39.7 Å². The van der Waals surface area contributed by atoms with Gasteiger partial charge in [-0.15, -0.1) is 0 Å². The number of carbonyl (C=O) groups is 1. The summed E-state index contributed by atoms with van der Waals surface area (Å²) in [6.07, 6.45) is 0. The summed E-state index contributed by atoms with van der Waals surface area (Å²) in [7, 11) is 0. The van der Waals surface area contributed by atoms with Crippen molar-refractivity contribution >= 4 is 39.1 Å². The van der Waals surface area contributed by atoms with Gasteiger partial charge in [0.05, 0.1) is 16.3 Å². The smallest absolute Gasteiger partial charge is 0.258 e. The molecule has 2 nitrogen and oxygen atoms in total. The molecule has 92 valence electrons. The molecular weight excluding hydrogens is 321 g/mol. The number of benzene rings is 2. The van der Waals surface area contributed by atoms with Gasteiger partial charge in [0.25, 0.3) is 5.91 Å². The summed E-state index contributed by atoms with van der Waals surface area (Å²) in [5.41, 5.74) is 0.421. The van der Waals surface area contributed by atoms with Crippen molar-refractivity contribution in [3.8, 4) is 0 Å². The summed E-state index contributed by atoms with van der Waals surface area (Å²) in [5, 5.41) is 2.95. The first-order valence-electron chi connectivity index (χ1n) is 5.09. The number of carbonyl (C=O) groups excluding carboxylic acids is 1. The topological polar surface area (TPSA) is 29.1 Å². The molecule has 0 saturated heterocycles. The molecular formula is C13H8BrClFNO. The molecule has 0 bridgehead atoms. The number of rotatable bonds is 2. The van der Waals surface area contributed by atoms with Crippen LogP contribution in [0.1, 0.15) is 10.4 Å². The van der Waals surface area contributed by atoms with E-state index in [2.05, 4.69) is 21.2 Å². The Hall–Kier alpha value is -1.39. The number of anilines is 1. The van der Waals surface area contributed by atoms with Gasteiger partial charge in [0.2, 0.25) is 0 Å². The lowest BCUT2D eigenvalue weighted by Crippen LogP contribution is -2.13. The highest BCUT2D eigenvalue weighted by Crippen LogP contribution is 2.26. The Balaban J connectivity index is 2.24. The molecule has 5 heteroatoms. The maximum atomic E-state index is 13.4. The summed E-state index contributed by atoms with van der Waals surface area (Å²) in [6, 6.07) is 10.8. The van der Waals surface area contributed by atoms with Crippen LogP contribution in [0.4, 0.5) is 10.1 Å². The van der Waals surface area contributed by atoms with E-state index >= 15 is 0 Å². The Bertz CT molecular complexity index is 603. The van der Waals surface area contributed by atoms with Crippen molar-refractivity contribution in [2.75, 3.05) is 5.32 Å².